The van der Waals surface area contributed by atoms with E-state index < -0.39 is 38.8 Å². The minimum atomic E-state index is -5.56. The van der Waals surface area contributed by atoms with Crippen molar-refractivity contribution in [2.75, 3.05) is 0 Å². The van der Waals surface area contributed by atoms with Gasteiger partial charge in [0.25, 0.3) is 15.9 Å². The Labute approximate surface area is 103 Å². The Morgan fingerprint density at radius 3 is 2.26 bits per heavy atom. The van der Waals surface area contributed by atoms with Crippen LogP contribution < -0.4 is 4.74 Å². The maximum atomic E-state index is 12.8. The first-order valence-electron chi connectivity index (χ1n) is 4.39. The van der Waals surface area contributed by atoms with E-state index in [-0.39, 0.29) is 0 Å². The molecular formula is C9H5F5O4S. The fourth-order valence-electron chi connectivity index (χ4n) is 0.958. The molecule has 19 heavy (non-hydrogen) atoms. The third-order valence-electron chi connectivity index (χ3n) is 1.73. The first-order valence-corrected chi connectivity index (χ1v) is 5.83. The van der Waals surface area contributed by atoms with E-state index in [1.54, 1.807) is 0 Å². The molecule has 1 N–H and O–H groups in total. The van der Waals surface area contributed by atoms with Crippen LogP contribution in [0.15, 0.2) is 41.0 Å². The van der Waals surface area contributed by atoms with Crippen LogP contribution in [0.4, 0.5) is 22.0 Å². The summed E-state index contributed by atoms with van der Waals surface area (Å²) in [5.74, 6) is -3.82. The smallest absolute Gasteiger partial charge is 0.430 e. The van der Waals surface area contributed by atoms with Crippen LogP contribution in [-0.4, -0.2) is 19.1 Å². The topological polar surface area (TPSA) is 63.6 Å². The molecule has 4 nitrogen and oxygen atoms in total. The van der Waals surface area contributed by atoms with Crippen LogP contribution in [0.25, 0.3) is 0 Å². The van der Waals surface area contributed by atoms with Crippen molar-refractivity contribution in [3.8, 4) is 5.75 Å². The highest BCUT2D eigenvalue weighted by molar-refractivity contribution is 7.85. The number of benzene rings is 1. The van der Waals surface area contributed by atoms with Gasteiger partial charge < -0.3 is 4.74 Å². The minimum absolute atomic E-state index is 0.526. The molecule has 0 radical (unpaired) electrons. The van der Waals surface area contributed by atoms with Gasteiger partial charge in [0.2, 0.25) is 0 Å². The number of ether oxygens (including phenoxy) is 1. The fraction of sp³-hybridized carbons (Fsp3) is 0.111. The molecule has 0 amide bonds. The van der Waals surface area contributed by atoms with Crippen molar-refractivity contribution >= 4 is 10.1 Å². The molecule has 0 fully saturated rings. The molecule has 0 unspecified atom stereocenters. The molecule has 0 heterocycles. The Kier molecular flexibility index (Phi) is 4.15. The highest BCUT2D eigenvalue weighted by Crippen LogP contribution is 2.31. The van der Waals surface area contributed by atoms with E-state index in [1.807, 2.05) is 0 Å². The lowest BCUT2D eigenvalue weighted by Crippen LogP contribution is -2.11. The summed E-state index contributed by atoms with van der Waals surface area (Å²) in [5.41, 5.74) is 0. The van der Waals surface area contributed by atoms with Crippen molar-refractivity contribution in [2.45, 2.75) is 11.1 Å². The maximum absolute atomic E-state index is 12.8. The third kappa shape index (κ3) is 4.17. The predicted molar refractivity (Wildman–Crippen MR) is 52.2 cm³/mol. The lowest BCUT2D eigenvalue weighted by molar-refractivity contribution is -0.114. The summed E-state index contributed by atoms with van der Waals surface area (Å²) in [6.07, 6.45) is -5.56. The van der Waals surface area contributed by atoms with E-state index in [9.17, 15) is 30.4 Å². The van der Waals surface area contributed by atoms with Crippen molar-refractivity contribution in [3.05, 3.63) is 36.1 Å². The van der Waals surface area contributed by atoms with Crippen LogP contribution in [0, 0.1) is 0 Å². The second kappa shape index (κ2) is 5.13. The Morgan fingerprint density at radius 2 is 1.79 bits per heavy atom. The molecule has 1 aromatic carbocycles. The molecule has 0 aromatic heterocycles. The van der Waals surface area contributed by atoms with E-state index in [0.717, 1.165) is 18.2 Å². The van der Waals surface area contributed by atoms with Gasteiger partial charge in [-0.25, -0.2) is 0 Å². The summed E-state index contributed by atoms with van der Waals surface area (Å²) >= 11 is 0. The largest absolute Gasteiger partial charge is 0.449 e. The number of hydrogen-bond acceptors (Lipinski definition) is 3. The van der Waals surface area contributed by atoms with Gasteiger partial charge in [0, 0.05) is 6.07 Å². The van der Waals surface area contributed by atoms with Crippen LogP contribution in [0.1, 0.15) is 0 Å². The van der Waals surface area contributed by atoms with Crippen molar-refractivity contribution in [3.63, 3.8) is 0 Å². The van der Waals surface area contributed by atoms with Crippen molar-refractivity contribution in [1.82, 2.24) is 0 Å². The van der Waals surface area contributed by atoms with Crippen LogP contribution in [0.2, 0.25) is 0 Å². The Morgan fingerprint density at radius 1 is 1.21 bits per heavy atom. The second-order valence-electron chi connectivity index (χ2n) is 3.14. The number of halogens is 5. The summed E-state index contributed by atoms with van der Waals surface area (Å²) in [4.78, 5) is -0.745. The molecule has 0 saturated carbocycles. The number of rotatable bonds is 3. The van der Waals surface area contributed by atoms with Gasteiger partial charge in [-0.05, 0) is 12.1 Å². The zero-order chi connectivity index (χ0) is 14.8. The summed E-state index contributed by atoms with van der Waals surface area (Å²) in [5, 5.41) is 0. The number of allylic oxidation sites excluding steroid dienone is 1. The maximum Gasteiger partial charge on any atom is 0.449 e. The van der Waals surface area contributed by atoms with E-state index in [2.05, 4.69) is 4.74 Å². The molecule has 0 saturated heterocycles. The quantitative estimate of drug-likeness (QED) is 0.530. The molecule has 1 rings (SSSR count). The summed E-state index contributed by atoms with van der Waals surface area (Å²) in [6, 6.07) is 0.664. The SMILES string of the molecule is O=S(=O)(O)c1cccc(O/C(F)=C(\F)C(F)(F)F)c1. The van der Waals surface area contributed by atoms with Crippen molar-refractivity contribution in [1.29, 1.82) is 0 Å². The molecule has 0 aliphatic heterocycles. The third-order valence-corrected chi connectivity index (χ3v) is 2.58. The van der Waals surface area contributed by atoms with Gasteiger partial charge in [0.15, 0.2) is 0 Å². The molecule has 0 aliphatic carbocycles. The first kappa shape index (κ1) is 15.4. The molecule has 10 heteroatoms. The Hall–Kier alpha value is -1.68. The van der Waals surface area contributed by atoms with Gasteiger partial charge in [-0.3, -0.25) is 4.55 Å². The molecule has 0 bridgehead atoms. The molecular weight excluding hydrogens is 299 g/mol. The standard InChI is InChI=1S/C9H5F5O4S/c10-7(9(12,13)14)8(11)18-5-2-1-3-6(4-5)19(15,16)17/h1-4H,(H,15,16,17)/b8-7-. The molecule has 106 valence electrons. The Bertz CT molecular complexity index is 605. The van der Waals surface area contributed by atoms with E-state index in [1.165, 1.54) is 0 Å². The van der Waals surface area contributed by atoms with Gasteiger partial charge in [-0.2, -0.15) is 30.4 Å². The summed E-state index contributed by atoms with van der Waals surface area (Å²) in [6.45, 7) is 0. The molecule has 0 aliphatic rings. The highest BCUT2D eigenvalue weighted by atomic mass is 32.2. The minimum Gasteiger partial charge on any atom is -0.430 e. The van der Waals surface area contributed by atoms with E-state index >= 15 is 0 Å². The number of alkyl halides is 3. The van der Waals surface area contributed by atoms with Gasteiger partial charge >= 0.3 is 12.2 Å². The zero-order valence-electron chi connectivity index (χ0n) is 8.78. The van der Waals surface area contributed by atoms with Gasteiger partial charge in [-0.1, -0.05) is 6.07 Å². The monoisotopic (exact) mass is 304 g/mol. The first-order chi connectivity index (χ1) is 8.51. The van der Waals surface area contributed by atoms with Crippen molar-refractivity contribution in [2.24, 2.45) is 0 Å². The fourth-order valence-corrected chi connectivity index (χ4v) is 1.47. The van der Waals surface area contributed by atoms with Crippen LogP contribution >= 0.6 is 0 Å². The molecule has 0 atom stereocenters. The van der Waals surface area contributed by atoms with E-state index in [0.29, 0.717) is 6.07 Å². The summed E-state index contributed by atoms with van der Waals surface area (Å²) < 4.78 is 94.4. The van der Waals surface area contributed by atoms with Crippen LogP contribution in [-0.2, 0) is 10.1 Å². The van der Waals surface area contributed by atoms with Gasteiger partial charge in [0.05, 0.1) is 4.90 Å². The second-order valence-corrected chi connectivity index (χ2v) is 4.56. The zero-order valence-corrected chi connectivity index (χ0v) is 9.60. The highest BCUT2D eigenvalue weighted by Gasteiger charge is 2.39. The normalized spacial score (nSPS) is 14.0. The van der Waals surface area contributed by atoms with Gasteiger partial charge in [-0.15, -0.1) is 0 Å². The Balaban J connectivity index is 3.09. The van der Waals surface area contributed by atoms with E-state index in [4.69, 9.17) is 4.55 Å². The molecule has 0 spiro atoms. The molecule has 1 aromatic rings. The van der Waals surface area contributed by atoms with Crippen LogP contribution in [0.3, 0.4) is 0 Å². The summed E-state index contributed by atoms with van der Waals surface area (Å²) in [7, 11) is -4.64. The lowest BCUT2D eigenvalue weighted by atomic mass is 10.3. The van der Waals surface area contributed by atoms with Crippen molar-refractivity contribution < 1.29 is 39.7 Å². The number of hydrogen-bond donors (Lipinski definition) is 1. The average molecular weight is 304 g/mol. The van der Waals surface area contributed by atoms with Gasteiger partial charge in [0.1, 0.15) is 5.75 Å². The predicted octanol–water partition coefficient (Wildman–Crippen LogP) is 2.98. The average Bonchev–Trinajstić information content (AvgIpc) is 2.26. The lowest BCUT2D eigenvalue weighted by Gasteiger charge is -2.07. The van der Waals surface area contributed by atoms with Crippen LogP contribution in [0.5, 0.6) is 5.75 Å².